The first-order valence-electron chi connectivity index (χ1n) is 5.04. The van der Waals surface area contributed by atoms with Gasteiger partial charge in [-0.1, -0.05) is 31.5 Å². The van der Waals surface area contributed by atoms with Crippen molar-refractivity contribution in [2.24, 2.45) is 5.73 Å². The molecule has 0 aromatic carbocycles. The molecule has 0 fully saturated rings. The summed E-state index contributed by atoms with van der Waals surface area (Å²) in [5.41, 5.74) is 5.85. The first kappa shape index (κ1) is 12.0. The van der Waals surface area contributed by atoms with E-state index in [0.29, 0.717) is 10.9 Å². The van der Waals surface area contributed by atoms with Crippen LogP contribution in [0.3, 0.4) is 0 Å². The third kappa shape index (κ3) is 4.29. The van der Waals surface area contributed by atoms with E-state index in [1.807, 2.05) is 0 Å². The summed E-state index contributed by atoms with van der Waals surface area (Å²) >= 11 is 1.62. The van der Waals surface area contributed by atoms with Crippen LogP contribution in [-0.4, -0.2) is 21.6 Å². The number of hydrogen-bond donors (Lipinski definition) is 2. The normalized spacial score (nSPS) is 10.2. The van der Waals surface area contributed by atoms with Crippen LogP contribution in [0.4, 0.5) is 0 Å². The number of thioether (sulfide) groups is 1. The summed E-state index contributed by atoms with van der Waals surface area (Å²) in [5, 5.41) is 7.96. The minimum atomic E-state index is -0.00666. The van der Waals surface area contributed by atoms with Crippen LogP contribution < -0.4 is 5.73 Å². The molecule has 4 nitrogen and oxygen atoms in total. The quantitative estimate of drug-likeness (QED) is 0.255. The van der Waals surface area contributed by atoms with Crippen LogP contribution in [0.5, 0.6) is 0 Å². The molecule has 0 bridgehead atoms. The first-order chi connectivity index (χ1) is 7.24. The maximum Gasteiger partial charge on any atom is 0.188 e. The molecule has 1 heterocycles. The van der Waals surface area contributed by atoms with Gasteiger partial charge in [0.15, 0.2) is 5.16 Å². The van der Waals surface area contributed by atoms with E-state index in [0.717, 1.165) is 5.75 Å². The average Bonchev–Trinajstić information content (AvgIpc) is 2.25. The van der Waals surface area contributed by atoms with E-state index in [1.165, 1.54) is 19.3 Å². The van der Waals surface area contributed by atoms with E-state index in [4.69, 9.17) is 11.1 Å². The van der Waals surface area contributed by atoms with E-state index in [-0.39, 0.29) is 5.84 Å². The maximum absolute atomic E-state index is 7.25. The topological polar surface area (TPSA) is 75.7 Å². The number of rotatable bonds is 6. The Labute approximate surface area is 94.2 Å². The van der Waals surface area contributed by atoms with Gasteiger partial charge in [-0.2, -0.15) is 0 Å². The van der Waals surface area contributed by atoms with Gasteiger partial charge in [0.2, 0.25) is 0 Å². The lowest BCUT2D eigenvalue weighted by molar-refractivity contribution is 0.777. The molecule has 0 aliphatic carbocycles. The van der Waals surface area contributed by atoms with E-state index in [2.05, 4.69) is 16.9 Å². The lowest BCUT2D eigenvalue weighted by Crippen LogP contribution is -2.13. The van der Waals surface area contributed by atoms with Gasteiger partial charge < -0.3 is 5.73 Å². The van der Waals surface area contributed by atoms with Crippen LogP contribution in [0.15, 0.2) is 17.4 Å². The lowest BCUT2D eigenvalue weighted by Gasteiger charge is -2.01. The first-order valence-corrected chi connectivity index (χ1v) is 6.03. The predicted octanol–water partition coefficient (Wildman–Crippen LogP) is 2.04. The second-order valence-corrected chi connectivity index (χ2v) is 4.26. The molecule has 3 N–H and O–H groups in total. The van der Waals surface area contributed by atoms with E-state index >= 15 is 0 Å². The zero-order valence-electron chi connectivity index (χ0n) is 8.86. The zero-order valence-corrected chi connectivity index (χ0v) is 9.68. The molecule has 0 unspecified atom stereocenters. The number of nitrogens with one attached hydrogen (secondary N) is 1. The molecule has 1 aromatic rings. The molecule has 1 aromatic heterocycles. The number of nitrogens with zero attached hydrogens (tertiary/aromatic N) is 2. The van der Waals surface area contributed by atoms with Crippen LogP contribution in [-0.2, 0) is 0 Å². The maximum atomic E-state index is 7.25. The van der Waals surface area contributed by atoms with Crippen LogP contribution >= 0.6 is 11.8 Å². The van der Waals surface area contributed by atoms with Crippen LogP contribution in [0.25, 0.3) is 0 Å². The Hall–Kier alpha value is -1.10. The Bertz CT molecular complexity index is 327. The summed E-state index contributed by atoms with van der Waals surface area (Å²) in [4.78, 5) is 8.29. The Morgan fingerprint density at radius 1 is 1.53 bits per heavy atom. The van der Waals surface area contributed by atoms with Crippen LogP contribution in [0, 0.1) is 5.41 Å². The van der Waals surface area contributed by atoms with Crippen molar-refractivity contribution in [1.82, 2.24) is 9.97 Å². The number of unbranched alkanes of at least 4 members (excludes halogenated alkanes) is 2. The number of aromatic nitrogens is 2. The smallest absolute Gasteiger partial charge is 0.188 e. The summed E-state index contributed by atoms with van der Waals surface area (Å²) in [5.74, 6) is 1.02. The zero-order chi connectivity index (χ0) is 11.1. The number of nitrogen functional groups attached to an aromatic ring is 1. The molecule has 0 radical (unpaired) electrons. The van der Waals surface area contributed by atoms with Gasteiger partial charge in [0, 0.05) is 11.9 Å². The minimum Gasteiger partial charge on any atom is -0.382 e. The number of nitrogens with two attached hydrogens (primary N) is 1. The van der Waals surface area contributed by atoms with E-state index < -0.39 is 0 Å². The fourth-order valence-electron chi connectivity index (χ4n) is 1.08. The van der Waals surface area contributed by atoms with Crippen molar-refractivity contribution < 1.29 is 0 Å². The Kier molecular flexibility index (Phi) is 5.10. The highest BCUT2D eigenvalue weighted by Crippen LogP contribution is 2.14. The third-order valence-electron chi connectivity index (χ3n) is 1.89. The van der Waals surface area contributed by atoms with Crippen molar-refractivity contribution in [3.05, 3.63) is 18.0 Å². The van der Waals surface area contributed by atoms with Gasteiger partial charge in [-0.25, -0.2) is 9.97 Å². The highest BCUT2D eigenvalue weighted by Gasteiger charge is 2.01. The average molecular weight is 224 g/mol. The molecule has 0 spiro atoms. The molecule has 0 saturated heterocycles. The molecular weight excluding hydrogens is 208 g/mol. The standard InChI is InChI=1S/C10H16N4S/c1-2-3-4-7-15-10-13-6-5-8(14-10)9(11)12/h5-6H,2-4,7H2,1H3,(H3,11,12). The highest BCUT2D eigenvalue weighted by atomic mass is 32.2. The van der Waals surface area contributed by atoms with Crippen LogP contribution in [0.2, 0.25) is 0 Å². The van der Waals surface area contributed by atoms with Crippen molar-refractivity contribution in [1.29, 1.82) is 5.41 Å². The number of hydrogen-bond acceptors (Lipinski definition) is 4. The third-order valence-corrected chi connectivity index (χ3v) is 2.84. The van der Waals surface area contributed by atoms with Crippen molar-refractivity contribution in [3.8, 4) is 0 Å². The fourth-order valence-corrected chi connectivity index (χ4v) is 1.91. The molecular formula is C10H16N4S. The van der Waals surface area contributed by atoms with E-state index in [1.54, 1.807) is 24.0 Å². The van der Waals surface area contributed by atoms with Crippen molar-refractivity contribution in [2.75, 3.05) is 5.75 Å². The van der Waals surface area contributed by atoms with Gasteiger partial charge in [-0.15, -0.1) is 0 Å². The van der Waals surface area contributed by atoms with Crippen molar-refractivity contribution in [3.63, 3.8) is 0 Å². The Morgan fingerprint density at radius 2 is 2.33 bits per heavy atom. The second kappa shape index (κ2) is 6.40. The van der Waals surface area contributed by atoms with Gasteiger partial charge >= 0.3 is 0 Å². The Morgan fingerprint density at radius 3 is 3.00 bits per heavy atom. The minimum absolute atomic E-state index is 0.00666. The van der Waals surface area contributed by atoms with Gasteiger partial charge in [0.1, 0.15) is 11.5 Å². The molecule has 15 heavy (non-hydrogen) atoms. The fraction of sp³-hybridized carbons (Fsp3) is 0.500. The largest absolute Gasteiger partial charge is 0.382 e. The monoisotopic (exact) mass is 224 g/mol. The van der Waals surface area contributed by atoms with Gasteiger partial charge in [0.05, 0.1) is 0 Å². The van der Waals surface area contributed by atoms with Crippen molar-refractivity contribution >= 4 is 17.6 Å². The van der Waals surface area contributed by atoms with Gasteiger partial charge in [-0.3, -0.25) is 5.41 Å². The summed E-state index contributed by atoms with van der Waals surface area (Å²) in [6.45, 7) is 2.18. The molecule has 0 aliphatic heterocycles. The van der Waals surface area contributed by atoms with Crippen molar-refractivity contribution in [2.45, 2.75) is 31.3 Å². The molecule has 0 atom stereocenters. The van der Waals surface area contributed by atoms with Gasteiger partial charge in [0.25, 0.3) is 0 Å². The molecule has 0 aliphatic rings. The molecule has 1 rings (SSSR count). The molecule has 0 amide bonds. The SMILES string of the molecule is CCCCCSc1nccc(C(=N)N)n1. The van der Waals surface area contributed by atoms with Crippen LogP contribution in [0.1, 0.15) is 31.9 Å². The molecule has 82 valence electrons. The molecule has 5 heteroatoms. The van der Waals surface area contributed by atoms with E-state index in [9.17, 15) is 0 Å². The highest BCUT2D eigenvalue weighted by molar-refractivity contribution is 7.99. The van der Waals surface area contributed by atoms with Gasteiger partial charge in [-0.05, 0) is 12.5 Å². The molecule has 0 saturated carbocycles. The lowest BCUT2D eigenvalue weighted by atomic mass is 10.3. The summed E-state index contributed by atoms with van der Waals surface area (Å²) < 4.78 is 0. The number of amidine groups is 1. The second-order valence-electron chi connectivity index (χ2n) is 3.19. The Balaban J connectivity index is 2.47. The summed E-state index contributed by atoms with van der Waals surface area (Å²) in [6.07, 6.45) is 5.27. The summed E-state index contributed by atoms with van der Waals surface area (Å²) in [6, 6.07) is 1.65. The summed E-state index contributed by atoms with van der Waals surface area (Å²) in [7, 11) is 0. The predicted molar refractivity (Wildman–Crippen MR) is 63.3 cm³/mol.